The summed E-state index contributed by atoms with van der Waals surface area (Å²) in [7, 11) is 0. The van der Waals surface area contributed by atoms with E-state index in [2.05, 4.69) is 28.2 Å². The maximum Gasteiger partial charge on any atom is 0.261 e. The van der Waals surface area contributed by atoms with Gasteiger partial charge in [-0.3, -0.25) is 9.59 Å². The van der Waals surface area contributed by atoms with Gasteiger partial charge in [-0.05, 0) is 56.5 Å². The van der Waals surface area contributed by atoms with Gasteiger partial charge in [-0.25, -0.2) is 0 Å². The van der Waals surface area contributed by atoms with Crippen LogP contribution in [0.5, 0.6) is 5.75 Å². The number of rotatable bonds is 10. The van der Waals surface area contributed by atoms with Gasteiger partial charge in [0.2, 0.25) is 5.91 Å². The number of carbonyl (C=O) groups is 2. The average Bonchev–Trinajstić information content (AvgIpc) is 2.72. The van der Waals surface area contributed by atoms with Gasteiger partial charge in [0.05, 0.1) is 0 Å². The highest BCUT2D eigenvalue weighted by Crippen LogP contribution is 2.22. The van der Waals surface area contributed by atoms with Crippen molar-refractivity contribution in [1.82, 2.24) is 10.2 Å². The van der Waals surface area contributed by atoms with Crippen molar-refractivity contribution in [3.05, 3.63) is 63.6 Å². The molecule has 0 unspecified atom stereocenters. The minimum Gasteiger partial charge on any atom is -0.484 e. The Bertz CT molecular complexity index is 869. The molecule has 162 valence electrons. The van der Waals surface area contributed by atoms with Crippen molar-refractivity contribution >= 4 is 27.7 Å². The minimum atomic E-state index is -0.592. The van der Waals surface area contributed by atoms with Gasteiger partial charge in [0.1, 0.15) is 11.8 Å². The molecule has 0 aliphatic heterocycles. The fraction of sp³-hybridized carbons (Fsp3) is 0.417. The highest BCUT2D eigenvalue weighted by Gasteiger charge is 2.26. The Balaban J connectivity index is 2.12. The Morgan fingerprint density at radius 3 is 2.60 bits per heavy atom. The summed E-state index contributed by atoms with van der Waals surface area (Å²) in [6, 6.07) is 13.0. The number of hydrogen-bond donors (Lipinski definition) is 1. The lowest BCUT2D eigenvalue weighted by Crippen LogP contribution is -2.49. The SMILES string of the molecule is CCCCNC(=O)[C@H](C)N(Cc1cccc(C)c1)C(=O)COc1ccc(Br)c(C)c1. The van der Waals surface area contributed by atoms with E-state index in [9.17, 15) is 9.59 Å². The number of nitrogens with one attached hydrogen (secondary N) is 1. The number of hydrogen-bond acceptors (Lipinski definition) is 3. The number of halogens is 1. The zero-order chi connectivity index (χ0) is 22.1. The van der Waals surface area contributed by atoms with Crippen LogP contribution in [0, 0.1) is 13.8 Å². The number of benzene rings is 2. The van der Waals surface area contributed by atoms with Crippen LogP contribution in [0.2, 0.25) is 0 Å². The second kappa shape index (κ2) is 11.7. The van der Waals surface area contributed by atoms with E-state index in [1.165, 1.54) is 0 Å². The summed E-state index contributed by atoms with van der Waals surface area (Å²) in [6.07, 6.45) is 1.91. The third kappa shape index (κ3) is 7.17. The Kier molecular flexibility index (Phi) is 9.37. The number of nitrogens with zero attached hydrogens (tertiary/aromatic N) is 1. The largest absolute Gasteiger partial charge is 0.484 e. The van der Waals surface area contributed by atoms with Gasteiger partial charge in [-0.2, -0.15) is 0 Å². The molecule has 0 heterocycles. The summed E-state index contributed by atoms with van der Waals surface area (Å²) in [5, 5.41) is 2.92. The van der Waals surface area contributed by atoms with Gasteiger partial charge in [-0.15, -0.1) is 0 Å². The standard InChI is InChI=1S/C24H31BrN2O3/c1-5-6-12-26-24(29)19(4)27(15-20-9-7-8-17(2)13-20)23(28)16-30-21-10-11-22(25)18(3)14-21/h7-11,13-14,19H,5-6,12,15-16H2,1-4H3,(H,26,29)/t19-/m0/s1. The summed E-state index contributed by atoms with van der Waals surface area (Å²) in [4.78, 5) is 27.3. The molecule has 2 aromatic rings. The molecule has 2 amide bonds. The van der Waals surface area contributed by atoms with Gasteiger partial charge in [0.25, 0.3) is 5.91 Å². The molecule has 1 N–H and O–H groups in total. The Morgan fingerprint density at radius 2 is 1.93 bits per heavy atom. The zero-order valence-electron chi connectivity index (χ0n) is 18.2. The van der Waals surface area contributed by atoms with E-state index in [0.29, 0.717) is 18.8 Å². The first-order chi connectivity index (χ1) is 14.3. The lowest BCUT2D eigenvalue weighted by molar-refractivity contribution is -0.142. The van der Waals surface area contributed by atoms with Crippen LogP contribution >= 0.6 is 15.9 Å². The van der Waals surface area contributed by atoms with Crippen LogP contribution in [0.3, 0.4) is 0 Å². The lowest BCUT2D eigenvalue weighted by atomic mass is 10.1. The zero-order valence-corrected chi connectivity index (χ0v) is 19.8. The van der Waals surface area contributed by atoms with E-state index in [0.717, 1.165) is 34.0 Å². The van der Waals surface area contributed by atoms with Crippen molar-refractivity contribution in [3.63, 3.8) is 0 Å². The average molecular weight is 475 g/mol. The Labute approximate surface area is 187 Å². The molecule has 2 aromatic carbocycles. The van der Waals surface area contributed by atoms with Gasteiger partial charge in [-0.1, -0.05) is 59.1 Å². The normalized spacial score (nSPS) is 11.6. The van der Waals surface area contributed by atoms with Crippen LogP contribution in [0.1, 0.15) is 43.4 Å². The summed E-state index contributed by atoms with van der Waals surface area (Å²) in [6.45, 7) is 8.65. The monoisotopic (exact) mass is 474 g/mol. The second-order valence-corrected chi connectivity index (χ2v) is 8.39. The summed E-state index contributed by atoms with van der Waals surface area (Å²) in [5.74, 6) is 0.249. The maximum absolute atomic E-state index is 13.0. The molecule has 0 saturated carbocycles. The Hall–Kier alpha value is -2.34. The molecule has 30 heavy (non-hydrogen) atoms. The van der Waals surface area contributed by atoms with Crippen molar-refractivity contribution in [2.24, 2.45) is 0 Å². The van der Waals surface area contributed by atoms with Crippen LogP contribution in [-0.4, -0.2) is 35.9 Å². The molecule has 0 fully saturated rings. The first-order valence-corrected chi connectivity index (χ1v) is 11.1. The molecule has 0 bridgehead atoms. The first-order valence-electron chi connectivity index (χ1n) is 10.3. The van der Waals surface area contributed by atoms with Crippen LogP contribution in [0.4, 0.5) is 0 Å². The number of amides is 2. The van der Waals surface area contributed by atoms with Crippen LogP contribution in [-0.2, 0) is 16.1 Å². The molecule has 0 aliphatic rings. The third-order valence-corrected chi connectivity index (χ3v) is 5.81. The molecular weight excluding hydrogens is 444 g/mol. The van der Waals surface area contributed by atoms with Crippen molar-refractivity contribution in [2.75, 3.05) is 13.2 Å². The van der Waals surface area contributed by atoms with E-state index >= 15 is 0 Å². The van der Waals surface area contributed by atoms with E-state index in [4.69, 9.17) is 4.74 Å². The molecule has 0 aliphatic carbocycles. The topological polar surface area (TPSA) is 58.6 Å². The van der Waals surface area contributed by atoms with Gasteiger partial charge in [0, 0.05) is 17.6 Å². The van der Waals surface area contributed by atoms with Crippen LogP contribution < -0.4 is 10.1 Å². The highest BCUT2D eigenvalue weighted by atomic mass is 79.9. The van der Waals surface area contributed by atoms with Crippen LogP contribution in [0.15, 0.2) is 46.9 Å². The predicted molar refractivity (Wildman–Crippen MR) is 123 cm³/mol. The summed E-state index contributed by atoms with van der Waals surface area (Å²) < 4.78 is 6.72. The fourth-order valence-corrected chi connectivity index (χ4v) is 3.31. The van der Waals surface area contributed by atoms with E-state index in [1.807, 2.05) is 56.3 Å². The fourth-order valence-electron chi connectivity index (χ4n) is 3.06. The number of unbranched alkanes of at least 4 members (excludes halogenated alkanes) is 1. The molecule has 0 aromatic heterocycles. The van der Waals surface area contributed by atoms with E-state index in [-0.39, 0.29) is 18.4 Å². The molecule has 0 spiro atoms. The van der Waals surface area contributed by atoms with Crippen molar-refractivity contribution < 1.29 is 14.3 Å². The van der Waals surface area contributed by atoms with Crippen molar-refractivity contribution in [1.29, 1.82) is 0 Å². The van der Waals surface area contributed by atoms with Crippen molar-refractivity contribution in [3.8, 4) is 5.75 Å². The molecule has 0 saturated heterocycles. The smallest absolute Gasteiger partial charge is 0.261 e. The number of aryl methyl sites for hydroxylation is 2. The van der Waals surface area contributed by atoms with E-state index < -0.39 is 6.04 Å². The molecule has 6 heteroatoms. The maximum atomic E-state index is 13.0. The highest BCUT2D eigenvalue weighted by molar-refractivity contribution is 9.10. The Morgan fingerprint density at radius 1 is 1.17 bits per heavy atom. The summed E-state index contributed by atoms with van der Waals surface area (Å²) >= 11 is 3.46. The van der Waals surface area contributed by atoms with Crippen LogP contribution in [0.25, 0.3) is 0 Å². The predicted octanol–water partition coefficient (Wildman–Crippen LogP) is 4.78. The first kappa shape index (κ1) is 23.9. The molecule has 2 rings (SSSR count). The molecule has 5 nitrogen and oxygen atoms in total. The minimum absolute atomic E-state index is 0.126. The quantitative estimate of drug-likeness (QED) is 0.504. The van der Waals surface area contributed by atoms with Gasteiger partial charge < -0.3 is 15.0 Å². The van der Waals surface area contributed by atoms with Gasteiger partial charge >= 0.3 is 0 Å². The number of ether oxygens (including phenoxy) is 1. The van der Waals surface area contributed by atoms with E-state index in [1.54, 1.807) is 11.8 Å². The van der Waals surface area contributed by atoms with Crippen molar-refractivity contribution in [2.45, 2.75) is 53.1 Å². The molecule has 0 radical (unpaired) electrons. The third-order valence-electron chi connectivity index (χ3n) is 4.92. The molecule has 1 atom stereocenters. The molecular formula is C24H31BrN2O3. The second-order valence-electron chi connectivity index (χ2n) is 7.53. The lowest BCUT2D eigenvalue weighted by Gasteiger charge is -2.29. The van der Waals surface area contributed by atoms with Gasteiger partial charge in [0.15, 0.2) is 6.61 Å². The number of carbonyl (C=O) groups excluding carboxylic acids is 2. The summed E-state index contributed by atoms with van der Waals surface area (Å²) in [5.41, 5.74) is 3.12.